The number of rotatable bonds is 9. The lowest BCUT2D eigenvalue weighted by molar-refractivity contribution is -0.152. The lowest BCUT2D eigenvalue weighted by Gasteiger charge is -2.19. The molecule has 0 unspecified atom stereocenters. The SMILES string of the molecule is CCOc1ccccc1NC(=O)[C@H](OC(=O)CSc1nn(C)c(=O)n(C)c1=O)c1ccccc1. The molecule has 1 amide bonds. The van der Waals surface area contributed by atoms with Crippen LogP contribution in [0.3, 0.4) is 0 Å². The van der Waals surface area contributed by atoms with Crippen LogP contribution in [0, 0.1) is 0 Å². The van der Waals surface area contributed by atoms with Crippen molar-refractivity contribution in [2.24, 2.45) is 14.1 Å². The molecule has 0 radical (unpaired) electrons. The van der Waals surface area contributed by atoms with Crippen molar-refractivity contribution in [2.45, 2.75) is 18.1 Å². The predicted octanol–water partition coefficient (Wildman–Crippen LogP) is 1.89. The second kappa shape index (κ2) is 11.3. The molecule has 3 rings (SSSR count). The fraction of sp³-hybridized carbons (Fsp3) is 0.261. The Balaban J connectivity index is 1.77. The molecular weight excluding hydrogens is 460 g/mol. The molecule has 178 valence electrons. The highest BCUT2D eigenvalue weighted by Gasteiger charge is 2.26. The zero-order valence-corrected chi connectivity index (χ0v) is 19.7. The van der Waals surface area contributed by atoms with Crippen LogP contribution in [0.4, 0.5) is 5.69 Å². The van der Waals surface area contributed by atoms with Gasteiger partial charge in [-0.15, -0.1) is 0 Å². The maximum Gasteiger partial charge on any atom is 0.346 e. The Hall–Kier alpha value is -3.86. The molecule has 0 saturated heterocycles. The van der Waals surface area contributed by atoms with Crippen molar-refractivity contribution in [1.82, 2.24) is 14.3 Å². The summed E-state index contributed by atoms with van der Waals surface area (Å²) >= 11 is 0.824. The fourth-order valence-electron chi connectivity index (χ4n) is 3.00. The quantitative estimate of drug-likeness (QED) is 0.361. The lowest BCUT2D eigenvalue weighted by atomic mass is 10.1. The minimum Gasteiger partial charge on any atom is -0.492 e. The van der Waals surface area contributed by atoms with Crippen molar-refractivity contribution in [3.63, 3.8) is 0 Å². The molecule has 1 atom stereocenters. The Morgan fingerprint density at radius 2 is 1.74 bits per heavy atom. The molecule has 0 aliphatic heterocycles. The number of nitrogens with zero attached hydrogens (tertiary/aromatic N) is 3. The van der Waals surface area contributed by atoms with E-state index in [1.807, 2.05) is 6.92 Å². The summed E-state index contributed by atoms with van der Waals surface area (Å²) in [6.07, 6.45) is -1.24. The number of hydrogen-bond donors (Lipinski definition) is 1. The van der Waals surface area contributed by atoms with Crippen molar-refractivity contribution < 1.29 is 19.1 Å². The van der Waals surface area contributed by atoms with Crippen LogP contribution in [-0.2, 0) is 28.4 Å². The number of aromatic nitrogens is 3. The average Bonchev–Trinajstić information content (AvgIpc) is 2.84. The van der Waals surface area contributed by atoms with Crippen LogP contribution in [0.25, 0.3) is 0 Å². The first-order valence-corrected chi connectivity index (χ1v) is 11.3. The Morgan fingerprint density at radius 1 is 1.06 bits per heavy atom. The summed E-state index contributed by atoms with van der Waals surface area (Å²) in [6, 6.07) is 15.5. The number of amides is 1. The van der Waals surface area contributed by atoms with E-state index < -0.39 is 29.2 Å². The number of ether oxygens (including phenoxy) is 2. The Bertz CT molecular complexity index is 1290. The number of thioether (sulfide) groups is 1. The summed E-state index contributed by atoms with van der Waals surface area (Å²) in [7, 11) is 2.73. The normalized spacial score (nSPS) is 11.5. The number of carbonyl (C=O) groups excluding carboxylic acids is 2. The van der Waals surface area contributed by atoms with Gasteiger partial charge in [-0.1, -0.05) is 54.2 Å². The summed E-state index contributed by atoms with van der Waals surface area (Å²) in [4.78, 5) is 49.7. The lowest BCUT2D eigenvalue weighted by Crippen LogP contribution is -2.39. The Kier molecular flexibility index (Phi) is 8.25. The second-order valence-electron chi connectivity index (χ2n) is 7.06. The smallest absolute Gasteiger partial charge is 0.346 e. The highest BCUT2D eigenvalue weighted by Crippen LogP contribution is 2.27. The van der Waals surface area contributed by atoms with Crippen molar-refractivity contribution in [2.75, 3.05) is 17.7 Å². The predicted molar refractivity (Wildman–Crippen MR) is 127 cm³/mol. The van der Waals surface area contributed by atoms with E-state index in [2.05, 4.69) is 10.4 Å². The van der Waals surface area contributed by atoms with Crippen molar-refractivity contribution in [3.05, 3.63) is 81.0 Å². The number of nitrogens with one attached hydrogen (secondary N) is 1. The van der Waals surface area contributed by atoms with Crippen LogP contribution in [0.2, 0.25) is 0 Å². The van der Waals surface area contributed by atoms with E-state index >= 15 is 0 Å². The minimum atomic E-state index is -1.24. The van der Waals surface area contributed by atoms with Gasteiger partial charge in [-0.25, -0.2) is 9.48 Å². The van der Waals surface area contributed by atoms with Gasteiger partial charge >= 0.3 is 11.7 Å². The van der Waals surface area contributed by atoms with E-state index in [-0.39, 0.29) is 10.8 Å². The van der Waals surface area contributed by atoms with Gasteiger partial charge in [0.2, 0.25) is 6.10 Å². The molecule has 11 heteroatoms. The summed E-state index contributed by atoms with van der Waals surface area (Å²) in [5.41, 5.74) is -0.280. The topological polar surface area (TPSA) is 122 Å². The first-order chi connectivity index (χ1) is 16.3. The molecule has 0 aliphatic rings. The maximum absolute atomic E-state index is 13.1. The standard InChI is InChI=1S/C23H24N4O6S/c1-4-32-17-13-9-8-12-16(17)24-20(29)19(15-10-6-5-7-11-15)33-18(28)14-34-21-22(30)26(2)23(31)27(3)25-21/h5-13,19H,4,14H2,1-3H3,(H,24,29)/t19-/m1/s1. The molecule has 3 aromatic rings. The van der Waals surface area contributed by atoms with Gasteiger partial charge in [0.1, 0.15) is 5.75 Å². The molecule has 10 nitrogen and oxygen atoms in total. The number of anilines is 1. The van der Waals surface area contributed by atoms with Crippen LogP contribution < -0.4 is 21.3 Å². The van der Waals surface area contributed by atoms with Crippen LogP contribution in [0.1, 0.15) is 18.6 Å². The molecule has 0 saturated carbocycles. The Labute approximate surface area is 199 Å². The second-order valence-corrected chi connectivity index (χ2v) is 8.03. The molecule has 0 aliphatic carbocycles. The van der Waals surface area contributed by atoms with Crippen LogP contribution >= 0.6 is 11.8 Å². The van der Waals surface area contributed by atoms with E-state index in [4.69, 9.17) is 9.47 Å². The highest BCUT2D eigenvalue weighted by atomic mass is 32.2. The number of benzene rings is 2. The van der Waals surface area contributed by atoms with Gasteiger partial charge in [0.05, 0.1) is 18.0 Å². The van der Waals surface area contributed by atoms with E-state index in [9.17, 15) is 19.2 Å². The van der Waals surface area contributed by atoms with Gasteiger partial charge in [-0.3, -0.25) is 19.0 Å². The molecule has 1 N–H and O–H groups in total. The summed E-state index contributed by atoms with van der Waals surface area (Å²) < 4.78 is 12.9. The van der Waals surface area contributed by atoms with Crippen molar-refractivity contribution in [3.8, 4) is 5.75 Å². The van der Waals surface area contributed by atoms with Gasteiger partial charge < -0.3 is 14.8 Å². The molecular formula is C23H24N4O6S. The number of hydrogen-bond acceptors (Lipinski definition) is 8. The first kappa shape index (κ1) is 24.8. The van der Waals surface area contributed by atoms with Crippen molar-refractivity contribution in [1.29, 1.82) is 0 Å². The number of carbonyl (C=O) groups is 2. The number of esters is 1. The Morgan fingerprint density at radius 3 is 2.44 bits per heavy atom. The average molecular weight is 485 g/mol. The monoisotopic (exact) mass is 484 g/mol. The first-order valence-electron chi connectivity index (χ1n) is 10.4. The van der Waals surface area contributed by atoms with Crippen LogP contribution in [0.15, 0.2) is 69.2 Å². The molecule has 34 heavy (non-hydrogen) atoms. The maximum atomic E-state index is 13.1. The molecule has 1 heterocycles. The highest BCUT2D eigenvalue weighted by molar-refractivity contribution is 7.99. The third-order valence-corrected chi connectivity index (χ3v) is 5.56. The number of aryl methyl sites for hydroxylation is 1. The fourth-order valence-corrected chi connectivity index (χ4v) is 3.77. The van der Waals surface area contributed by atoms with E-state index in [1.54, 1.807) is 54.6 Å². The third-order valence-electron chi connectivity index (χ3n) is 4.65. The summed E-state index contributed by atoms with van der Waals surface area (Å²) in [6.45, 7) is 2.25. The molecule has 2 aromatic carbocycles. The zero-order chi connectivity index (χ0) is 24.7. The molecule has 0 fully saturated rings. The van der Waals surface area contributed by atoms with Crippen LogP contribution in [-0.4, -0.2) is 38.6 Å². The van der Waals surface area contributed by atoms with E-state index in [0.29, 0.717) is 23.6 Å². The molecule has 0 spiro atoms. The van der Waals surface area contributed by atoms with Gasteiger partial charge in [0, 0.05) is 19.7 Å². The minimum absolute atomic E-state index is 0.0343. The van der Waals surface area contributed by atoms with Gasteiger partial charge in [-0.2, -0.15) is 5.10 Å². The third kappa shape index (κ3) is 5.93. The number of para-hydroxylation sites is 2. The van der Waals surface area contributed by atoms with E-state index in [1.165, 1.54) is 14.1 Å². The van der Waals surface area contributed by atoms with E-state index in [0.717, 1.165) is 21.0 Å². The summed E-state index contributed by atoms with van der Waals surface area (Å²) in [5, 5.41) is 6.61. The largest absolute Gasteiger partial charge is 0.492 e. The van der Waals surface area contributed by atoms with Gasteiger partial charge in [0.15, 0.2) is 5.03 Å². The van der Waals surface area contributed by atoms with Gasteiger partial charge in [-0.05, 0) is 19.1 Å². The molecule has 0 bridgehead atoms. The molecule has 1 aromatic heterocycles. The zero-order valence-electron chi connectivity index (χ0n) is 18.9. The van der Waals surface area contributed by atoms with Crippen molar-refractivity contribution >= 4 is 29.3 Å². The van der Waals surface area contributed by atoms with Gasteiger partial charge in [0.25, 0.3) is 11.5 Å². The van der Waals surface area contributed by atoms with Crippen LogP contribution in [0.5, 0.6) is 5.75 Å². The summed E-state index contributed by atoms with van der Waals surface area (Å²) in [5.74, 6) is -1.09.